The van der Waals surface area contributed by atoms with Crippen LogP contribution in [0.1, 0.15) is 82.3 Å². The van der Waals surface area contributed by atoms with Gasteiger partial charge in [-0.15, -0.1) is 0 Å². The number of guanidine groups is 1. The lowest BCUT2D eigenvalue weighted by Gasteiger charge is -2.53. The number of methoxy groups -OCH3 is 1. The molecule has 1 aromatic carbocycles. The summed E-state index contributed by atoms with van der Waals surface area (Å²) in [6.07, 6.45) is 8.17. The Kier molecular flexibility index (Phi) is 11.3. The second-order valence-corrected chi connectivity index (χ2v) is 14.8. The Morgan fingerprint density at radius 1 is 1.11 bits per heavy atom. The van der Waals surface area contributed by atoms with Crippen molar-refractivity contribution in [1.82, 2.24) is 20.9 Å². The second kappa shape index (κ2) is 15.9. The Labute approximate surface area is 308 Å². The van der Waals surface area contributed by atoms with Crippen LogP contribution < -0.4 is 36.9 Å². The van der Waals surface area contributed by atoms with E-state index in [9.17, 15) is 24.0 Å². The molecule has 53 heavy (non-hydrogen) atoms. The van der Waals surface area contributed by atoms with Crippen LogP contribution >= 0.6 is 0 Å². The number of piperidine rings is 1. The van der Waals surface area contributed by atoms with Gasteiger partial charge in [0.1, 0.15) is 24.3 Å². The van der Waals surface area contributed by atoms with E-state index in [4.69, 9.17) is 30.8 Å². The Morgan fingerprint density at radius 2 is 1.92 bits per heavy atom. The summed E-state index contributed by atoms with van der Waals surface area (Å²) in [4.78, 5) is 68.9. The average Bonchev–Trinajstić information content (AvgIpc) is 3.46. The lowest BCUT2D eigenvalue weighted by atomic mass is 9.49. The fourth-order valence-corrected chi connectivity index (χ4v) is 9.22. The molecule has 1 spiro atoms. The van der Waals surface area contributed by atoms with Crippen LogP contribution in [0.2, 0.25) is 0 Å². The summed E-state index contributed by atoms with van der Waals surface area (Å²) in [5.74, 6) is -0.500. The molecule has 1 aromatic rings. The van der Waals surface area contributed by atoms with Gasteiger partial charge >= 0.3 is 12.1 Å². The van der Waals surface area contributed by atoms with Gasteiger partial charge in [0.05, 0.1) is 13.2 Å². The molecular weight excluding hydrogens is 686 g/mol. The van der Waals surface area contributed by atoms with Crippen molar-refractivity contribution in [2.75, 3.05) is 26.7 Å². The molecule has 3 aliphatic carbocycles. The number of benzene rings is 1. The first-order chi connectivity index (χ1) is 25.4. The van der Waals surface area contributed by atoms with Crippen molar-refractivity contribution < 1.29 is 43.3 Å². The molecule has 5 aliphatic rings. The first kappa shape index (κ1) is 37.7. The number of aliphatic carboxylic acids is 1. The van der Waals surface area contributed by atoms with Gasteiger partial charge in [-0.1, -0.05) is 12.5 Å². The van der Waals surface area contributed by atoms with E-state index in [0.29, 0.717) is 42.7 Å². The molecule has 0 radical (unpaired) electrons. The number of likely N-dealkylation sites (tertiary alicyclic amines) is 1. The Morgan fingerprint density at radius 3 is 2.68 bits per heavy atom. The Bertz CT molecular complexity index is 1680. The number of hydrogen-bond donors (Lipinski definition) is 6. The van der Waals surface area contributed by atoms with Gasteiger partial charge in [0.25, 0.3) is 0 Å². The quantitative estimate of drug-likeness (QED) is 0.0694. The third-order valence-corrected chi connectivity index (χ3v) is 11.5. The minimum atomic E-state index is -1.33. The highest BCUT2D eigenvalue weighted by atomic mass is 16.6. The number of carbonyl (C=O) groups is 5. The first-order valence-corrected chi connectivity index (χ1v) is 18.6. The third kappa shape index (κ3) is 7.72. The molecule has 0 unspecified atom stereocenters. The van der Waals surface area contributed by atoms with E-state index in [1.165, 1.54) is 24.5 Å². The van der Waals surface area contributed by atoms with Gasteiger partial charge in [0.15, 0.2) is 23.6 Å². The number of nitrogens with zero attached hydrogens (tertiary/aromatic N) is 2. The number of carboxylic acids is 1. The van der Waals surface area contributed by atoms with Gasteiger partial charge in [-0.2, -0.15) is 0 Å². The maximum atomic E-state index is 14.0. The van der Waals surface area contributed by atoms with E-state index in [-0.39, 0.29) is 36.9 Å². The number of amides is 4. The lowest BCUT2D eigenvalue weighted by Crippen LogP contribution is -2.57. The molecular formula is C37H51N7O9. The van der Waals surface area contributed by atoms with Crippen LogP contribution in [0.25, 0.3) is 0 Å². The number of carbonyl (C=O) groups excluding carboxylic acids is 4. The van der Waals surface area contributed by atoms with Crippen LogP contribution in [0.15, 0.2) is 29.0 Å². The molecule has 2 fully saturated rings. The highest BCUT2D eigenvalue weighted by molar-refractivity contribution is 5.96. The summed E-state index contributed by atoms with van der Waals surface area (Å²) < 4.78 is 18.7. The first-order valence-electron chi connectivity index (χ1n) is 18.6. The maximum absolute atomic E-state index is 14.0. The molecule has 1 saturated carbocycles. The van der Waals surface area contributed by atoms with E-state index < -0.39 is 54.4 Å². The van der Waals surface area contributed by atoms with Gasteiger partial charge in [0, 0.05) is 30.6 Å². The van der Waals surface area contributed by atoms with Crippen molar-refractivity contribution in [3.8, 4) is 11.5 Å². The number of aliphatic imine (C=N–C) groups is 1. The van der Waals surface area contributed by atoms with Gasteiger partial charge in [-0.3, -0.25) is 24.2 Å². The number of allylic oxidation sites excluding steroid dienone is 1. The normalized spacial score (nSPS) is 26.0. The summed E-state index contributed by atoms with van der Waals surface area (Å²) in [6.45, 7) is 2.19. The number of nitrogens with one attached hydrogen (secondary N) is 3. The standard InChI is InChI=1S/C37H51N7O9/c1-20(42-28(45)18-29(46)47)33(48)43-25(9-6-15-40-35(38)39)34(49)41-19-23-8-3-4-16-44(23)36(50)52-27-13-11-24-21-7-5-14-37(24)30-22(17-21)10-12-26(51-2)31(30)53-32(27)37/h10,12-13,20-21,23-25,32H,3-9,11,14-19H2,1-2H3,(H,41,49)(H,42,45)(H,43,48)(H,46,47)(H4,38,39,40)/t20-,21+,23+,24-,25-,32-,37-/m0/s1. The summed E-state index contributed by atoms with van der Waals surface area (Å²) in [5, 5.41) is 16.7. The zero-order valence-electron chi connectivity index (χ0n) is 30.4. The molecule has 6 rings (SSSR count). The molecule has 1 saturated heterocycles. The minimum absolute atomic E-state index is 0.104. The third-order valence-electron chi connectivity index (χ3n) is 11.5. The van der Waals surface area contributed by atoms with Crippen LogP contribution in [-0.4, -0.2) is 96.7 Å². The van der Waals surface area contributed by atoms with Gasteiger partial charge in [-0.05, 0) is 94.3 Å². The van der Waals surface area contributed by atoms with E-state index in [2.05, 4.69) is 27.0 Å². The van der Waals surface area contributed by atoms with Crippen molar-refractivity contribution >= 4 is 35.7 Å². The monoisotopic (exact) mass is 737 g/mol. The van der Waals surface area contributed by atoms with Crippen LogP contribution in [0.5, 0.6) is 11.5 Å². The summed E-state index contributed by atoms with van der Waals surface area (Å²) in [5.41, 5.74) is 13.1. The Balaban J connectivity index is 1.12. The molecule has 7 atom stereocenters. The number of rotatable bonds is 14. The van der Waals surface area contributed by atoms with Crippen molar-refractivity contribution in [2.45, 2.75) is 107 Å². The van der Waals surface area contributed by atoms with Gasteiger partial charge in [0.2, 0.25) is 17.7 Å². The molecule has 2 bridgehead atoms. The van der Waals surface area contributed by atoms with E-state index >= 15 is 0 Å². The molecule has 2 heterocycles. The molecule has 16 heteroatoms. The summed E-state index contributed by atoms with van der Waals surface area (Å²) >= 11 is 0. The SMILES string of the molecule is COc1ccc2c3c1O[C@H]1C(OC(=O)N4CCCC[C@@H]4CNC(=O)[C@H](CCCN=C(N)N)NC(=O)[C@H](C)NC(=O)CC(=O)O)=CC[C@H]4[C@H](CCC[C@]314)C2. The van der Waals surface area contributed by atoms with E-state index in [0.717, 1.165) is 44.3 Å². The zero-order valence-corrected chi connectivity index (χ0v) is 30.4. The van der Waals surface area contributed by atoms with Crippen molar-refractivity contribution in [1.29, 1.82) is 0 Å². The maximum Gasteiger partial charge on any atom is 0.415 e. The largest absolute Gasteiger partial charge is 0.493 e. The van der Waals surface area contributed by atoms with Crippen molar-refractivity contribution in [2.24, 2.45) is 28.3 Å². The van der Waals surface area contributed by atoms with Gasteiger partial charge < -0.3 is 51.6 Å². The van der Waals surface area contributed by atoms with Crippen LogP contribution in [0.3, 0.4) is 0 Å². The fraction of sp³-hybridized carbons (Fsp3) is 0.622. The Hall–Kier alpha value is -5.02. The highest BCUT2D eigenvalue weighted by Crippen LogP contribution is 2.65. The van der Waals surface area contributed by atoms with Gasteiger partial charge in [-0.25, -0.2) is 4.79 Å². The molecule has 16 nitrogen and oxygen atoms in total. The van der Waals surface area contributed by atoms with Crippen LogP contribution in [0.4, 0.5) is 4.79 Å². The molecule has 2 aliphatic heterocycles. The average molecular weight is 738 g/mol. The molecule has 8 N–H and O–H groups in total. The van der Waals surface area contributed by atoms with E-state index in [1.807, 2.05) is 12.1 Å². The molecule has 4 amide bonds. The number of carboxylic acid groups (broad SMARTS) is 1. The van der Waals surface area contributed by atoms with E-state index in [1.54, 1.807) is 12.0 Å². The van der Waals surface area contributed by atoms with Crippen molar-refractivity contribution in [3.05, 3.63) is 35.1 Å². The second-order valence-electron chi connectivity index (χ2n) is 14.8. The summed E-state index contributed by atoms with van der Waals surface area (Å²) in [6, 6.07) is 1.67. The van der Waals surface area contributed by atoms with Crippen LogP contribution in [0, 0.1) is 11.8 Å². The summed E-state index contributed by atoms with van der Waals surface area (Å²) in [7, 11) is 1.64. The zero-order chi connectivity index (χ0) is 37.9. The van der Waals surface area contributed by atoms with Crippen LogP contribution in [-0.2, 0) is 35.8 Å². The predicted octanol–water partition coefficient (Wildman–Crippen LogP) is 1.58. The lowest BCUT2D eigenvalue weighted by molar-refractivity contribution is -0.141. The molecule has 288 valence electrons. The fourth-order valence-electron chi connectivity index (χ4n) is 9.22. The number of nitrogens with two attached hydrogens (primary N) is 2. The topological polar surface area (TPSA) is 237 Å². The smallest absolute Gasteiger partial charge is 0.415 e. The number of hydrogen-bond acceptors (Lipinski definition) is 9. The van der Waals surface area contributed by atoms with Crippen molar-refractivity contribution in [3.63, 3.8) is 0 Å². The predicted molar refractivity (Wildman–Crippen MR) is 192 cm³/mol. The minimum Gasteiger partial charge on any atom is -0.493 e. The molecule has 0 aromatic heterocycles. The highest BCUT2D eigenvalue weighted by Gasteiger charge is 2.64. The number of ether oxygens (including phenoxy) is 3.